The van der Waals surface area contributed by atoms with Crippen LogP contribution in [0.25, 0.3) is 0 Å². The first kappa shape index (κ1) is 12.6. The summed E-state index contributed by atoms with van der Waals surface area (Å²) in [5.74, 6) is -0.0209. The summed E-state index contributed by atoms with van der Waals surface area (Å²) in [5.41, 5.74) is 9.14. The van der Waals surface area contributed by atoms with Crippen LogP contribution in [-0.4, -0.2) is 22.8 Å². The zero-order valence-electron chi connectivity index (χ0n) is 10.3. The van der Waals surface area contributed by atoms with Crippen LogP contribution in [0.15, 0.2) is 36.0 Å². The van der Waals surface area contributed by atoms with E-state index in [1.54, 1.807) is 23.7 Å². The maximum absolute atomic E-state index is 12.2. The molecule has 1 amide bonds. The molecule has 0 aliphatic heterocycles. The standard InChI is InChI=1S/C13H15N3OS/c1-9(10-4-3-5-11(14)6-10)16(2)13(17)12-7-15-8-18-12/h3-9H,14H2,1-2H3. The molecule has 0 aliphatic rings. The van der Waals surface area contributed by atoms with Gasteiger partial charge in [-0.15, -0.1) is 11.3 Å². The molecular formula is C13H15N3OS. The van der Waals surface area contributed by atoms with Crippen molar-refractivity contribution in [2.24, 2.45) is 0 Å². The Kier molecular flexibility index (Phi) is 3.62. The normalized spacial score (nSPS) is 12.1. The number of amides is 1. The number of hydrogen-bond acceptors (Lipinski definition) is 4. The minimum Gasteiger partial charge on any atom is -0.399 e. The Bertz CT molecular complexity index is 539. The van der Waals surface area contributed by atoms with Crippen molar-refractivity contribution in [2.75, 3.05) is 12.8 Å². The van der Waals surface area contributed by atoms with Crippen LogP contribution in [0.2, 0.25) is 0 Å². The largest absolute Gasteiger partial charge is 0.399 e. The van der Waals surface area contributed by atoms with Crippen molar-refractivity contribution in [1.82, 2.24) is 9.88 Å². The Balaban J connectivity index is 2.18. The Labute approximate surface area is 110 Å². The van der Waals surface area contributed by atoms with Crippen LogP contribution in [0.5, 0.6) is 0 Å². The highest BCUT2D eigenvalue weighted by molar-refractivity contribution is 7.11. The number of hydrogen-bond donors (Lipinski definition) is 1. The van der Waals surface area contributed by atoms with Crippen LogP contribution in [-0.2, 0) is 0 Å². The van der Waals surface area contributed by atoms with Crippen LogP contribution in [0.3, 0.4) is 0 Å². The molecule has 0 fully saturated rings. The first-order chi connectivity index (χ1) is 8.59. The van der Waals surface area contributed by atoms with Crippen molar-refractivity contribution in [3.05, 3.63) is 46.4 Å². The van der Waals surface area contributed by atoms with Gasteiger partial charge in [0, 0.05) is 12.7 Å². The summed E-state index contributed by atoms with van der Waals surface area (Å²) in [4.78, 5) is 18.4. The zero-order valence-corrected chi connectivity index (χ0v) is 11.1. The molecule has 2 rings (SSSR count). The highest BCUT2D eigenvalue weighted by Crippen LogP contribution is 2.23. The fourth-order valence-corrected chi connectivity index (χ4v) is 2.32. The van der Waals surface area contributed by atoms with Crippen molar-refractivity contribution in [2.45, 2.75) is 13.0 Å². The molecule has 0 spiro atoms. The summed E-state index contributed by atoms with van der Waals surface area (Å²) in [7, 11) is 1.79. The fourth-order valence-electron chi connectivity index (χ4n) is 1.71. The molecule has 5 heteroatoms. The highest BCUT2D eigenvalue weighted by atomic mass is 32.1. The van der Waals surface area contributed by atoms with Gasteiger partial charge in [0.25, 0.3) is 5.91 Å². The van der Waals surface area contributed by atoms with E-state index in [2.05, 4.69) is 4.98 Å². The van der Waals surface area contributed by atoms with E-state index in [1.807, 2.05) is 31.2 Å². The topological polar surface area (TPSA) is 59.2 Å². The van der Waals surface area contributed by atoms with Gasteiger partial charge in [-0.2, -0.15) is 0 Å². The number of carbonyl (C=O) groups is 1. The van der Waals surface area contributed by atoms with Gasteiger partial charge in [0.05, 0.1) is 17.7 Å². The lowest BCUT2D eigenvalue weighted by Gasteiger charge is -2.24. The first-order valence-electron chi connectivity index (χ1n) is 5.60. The molecule has 2 N–H and O–H groups in total. The number of anilines is 1. The summed E-state index contributed by atoms with van der Waals surface area (Å²) in [6.07, 6.45) is 1.59. The van der Waals surface area contributed by atoms with Gasteiger partial charge in [-0.1, -0.05) is 12.1 Å². The molecule has 2 aromatic rings. The minimum absolute atomic E-state index is 0.0209. The van der Waals surface area contributed by atoms with Gasteiger partial charge in [0.1, 0.15) is 4.88 Å². The Morgan fingerprint density at radius 3 is 2.89 bits per heavy atom. The maximum Gasteiger partial charge on any atom is 0.265 e. The number of nitrogens with two attached hydrogens (primary N) is 1. The summed E-state index contributed by atoms with van der Waals surface area (Å²) >= 11 is 1.35. The fraction of sp³-hybridized carbons (Fsp3) is 0.231. The molecule has 94 valence electrons. The Morgan fingerprint density at radius 2 is 2.28 bits per heavy atom. The molecule has 1 aromatic heterocycles. The molecule has 0 aliphatic carbocycles. The molecule has 1 heterocycles. The number of benzene rings is 1. The lowest BCUT2D eigenvalue weighted by Crippen LogP contribution is -2.29. The van der Waals surface area contributed by atoms with E-state index in [9.17, 15) is 4.79 Å². The average molecular weight is 261 g/mol. The summed E-state index contributed by atoms with van der Waals surface area (Å²) < 4.78 is 0. The Morgan fingerprint density at radius 1 is 1.50 bits per heavy atom. The minimum atomic E-state index is -0.0249. The number of nitrogens with zero attached hydrogens (tertiary/aromatic N) is 2. The second-order valence-electron chi connectivity index (χ2n) is 4.13. The van der Waals surface area contributed by atoms with Gasteiger partial charge in [-0.25, -0.2) is 0 Å². The summed E-state index contributed by atoms with van der Waals surface area (Å²) in [5, 5.41) is 0. The van der Waals surface area contributed by atoms with Gasteiger partial charge >= 0.3 is 0 Å². The van der Waals surface area contributed by atoms with E-state index in [1.165, 1.54) is 11.3 Å². The second kappa shape index (κ2) is 5.18. The van der Waals surface area contributed by atoms with Gasteiger partial charge in [-0.3, -0.25) is 9.78 Å². The van der Waals surface area contributed by atoms with Crippen LogP contribution >= 0.6 is 11.3 Å². The zero-order chi connectivity index (χ0) is 13.1. The molecule has 1 unspecified atom stereocenters. The van der Waals surface area contributed by atoms with E-state index in [4.69, 9.17) is 5.73 Å². The molecule has 0 saturated heterocycles. The van der Waals surface area contributed by atoms with E-state index >= 15 is 0 Å². The van der Waals surface area contributed by atoms with Crippen LogP contribution < -0.4 is 5.73 Å². The average Bonchev–Trinajstić information content (AvgIpc) is 2.90. The number of rotatable bonds is 3. The van der Waals surface area contributed by atoms with Crippen molar-refractivity contribution in [3.63, 3.8) is 0 Å². The molecule has 1 atom stereocenters. The third-order valence-corrected chi connectivity index (χ3v) is 3.70. The third-order valence-electron chi connectivity index (χ3n) is 2.94. The predicted molar refractivity (Wildman–Crippen MR) is 73.5 cm³/mol. The lowest BCUT2D eigenvalue weighted by molar-refractivity contribution is 0.0747. The first-order valence-corrected chi connectivity index (χ1v) is 6.48. The number of nitrogen functional groups attached to an aromatic ring is 1. The van der Waals surface area contributed by atoms with Gasteiger partial charge < -0.3 is 10.6 Å². The van der Waals surface area contributed by atoms with Crippen LogP contribution in [0.1, 0.15) is 28.2 Å². The van der Waals surface area contributed by atoms with Gasteiger partial charge in [-0.05, 0) is 24.6 Å². The molecular weight excluding hydrogens is 246 g/mol. The molecule has 4 nitrogen and oxygen atoms in total. The van der Waals surface area contributed by atoms with E-state index in [0.29, 0.717) is 10.6 Å². The molecule has 0 saturated carbocycles. The Hall–Kier alpha value is -1.88. The van der Waals surface area contributed by atoms with Crippen LogP contribution in [0.4, 0.5) is 5.69 Å². The lowest BCUT2D eigenvalue weighted by atomic mass is 10.1. The summed E-state index contributed by atoms with van der Waals surface area (Å²) in [6.45, 7) is 1.98. The molecule has 1 aromatic carbocycles. The third kappa shape index (κ3) is 2.51. The van der Waals surface area contributed by atoms with E-state index in [0.717, 1.165) is 5.56 Å². The van der Waals surface area contributed by atoms with Gasteiger partial charge in [0.2, 0.25) is 0 Å². The van der Waals surface area contributed by atoms with E-state index < -0.39 is 0 Å². The smallest absolute Gasteiger partial charge is 0.265 e. The number of carbonyl (C=O) groups excluding carboxylic acids is 1. The van der Waals surface area contributed by atoms with Crippen molar-refractivity contribution >= 4 is 22.9 Å². The van der Waals surface area contributed by atoms with Crippen molar-refractivity contribution in [3.8, 4) is 0 Å². The van der Waals surface area contributed by atoms with Crippen molar-refractivity contribution in [1.29, 1.82) is 0 Å². The van der Waals surface area contributed by atoms with Crippen LogP contribution in [0, 0.1) is 0 Å². The quantitative estimate of drug-likeness (QED) is 0.864. The summed E-state index contributed by atoms with van der Waals surface area (Å²) in [6, 6.07) is 7.56. The van der Waals surface area contributed by atoms with E-state index in [-0.39, 0.29) is 11.9 Å². The molecule has 0 radical (unpaired) electrons. The number of thiazole rings is 1. The monoisotopic (exact) mass is 261 g/mol. The maximum atomic E-state index is 12.2. The highest BCUT2D eigenvalue weighted by Gasteiger charge is 2.19. The number of aromatic nitrogens is 1. The predicted octanol–water partition coefficient (Wildman–Crippen LogP) is 2.56. The van der Waals surface area contributed by atoms with Crippen molar-refractivity contribution < 1.29 is 4.79 Å². The molecule has 18 heavy (non-hydrogen) atoms. The van der Waals surface area contributed by atoms with Gasteiger partial charge in [0.15, 0.2) is 0 Å². The second-order valence-corrected chi connectivity index (χ2v) is 5.01. The molecule has 0 bridgehead atoms. The SMILES string of the molecule is CC(c1cccc(N)c1)N(C)C(=O)c1cncs1.